The van der Waals surface area contributed by atoms with Crippen LogP contribution in [0.1, 0.15) is 41.2 Å². The Morgan fingerprint density at radius 3 is 2.04 bits per heavy atom. The summed E-state index contributed by atoms with van der Waals surface area (Å²) in [5, 5.41) is 5.24. The molecule has 4 aromatic rings. The number of alkyl halides is 6. The van der Waals surface area contributed by atoms with Crippen molar-refractivity contribution in [3.8, 4) is 27.5 Å². The van der Waals surface area contributed by atoms with Crippen LogP contribution in [0.4, 0.5) is 26.3 Å². The van der Waals surface area contributed by atoms with E-state index in [9.17, 15) is 31.1 Å². The number of thioether (sulfide) groups is 1. The third kappa shape index (κ3) is 9.23. The Bertz CT molecular complexity index is 1620. The van der Waals surface area contributed by atoms with Crippen LogP contribution in [0, 0.1) is 6.92 Å². The van der Waals surface area contributed by atoms with Crippen LogP contribution in [0.2, 0.25) is 10.0 Å². The summed E-state index contributed by atoms with van der Waals surface area (Å²) in [5.74, 6) is 0. The van der Waals surface area contributed by atoms with Crippen molar-refractivity contribution >= 4 is 52.6 Å². The predicted octanol–water partition coefficient (Wildman–Crippen LogP) is 9.14. The number of benzene rings is 2. The largest absolute Gasteiger partial charge is 0.416 e. The van der Waals surface area contributed by atoms with Gasteiger partial charge in [0.05, 0.1) is 36.8 Å². The van der Waals surface area contributed by atoms with Gasteiger partial charge in [-0.1, -0.05) is 54.5 Å². The second-order valence-corrected chi connectivity index (χ2v) is 13.8. The molecule has 0 radical (unpaired) electrons. The third-order valence-corrected chi connectivity index (χ3v) is 8.94. The minimum atomic E-state index is -5.05. The van der Waals surface area contributed by atoms with E-state index in [1.54, 1.807) is 18.2 Å². The van der Waals surface area contributed by atoms with Crippen molar-refractivity contribution in [3.05, 3.63) is 69.0 Å². The zero-order chi connectivity index (χ0) is 33.9. The molecule has 244 valence electrons. The highest BCUT2D eigenvalue weighted by atomic mass is 35.5. The lowest BCUT2D eigenvalue weighted by atomic mass is 9.97. The van der Waals surface area contributed by atoms with Crippen LogP contribution in [0.25, 0.3) is 27.5 Å². The van der Waals surface area contributed by atoms with E-state index in [4.69, 9.17) is 28.9 Å². The van der Waals surface area contributed by atoms with Gasteiger partial charge in [0.1, 0.15) is 5.69 Å². The van der Waals surface area contributed by atoms with Crippen LogP contribution in [0.15, 0.2) is 40.6 Å². The Morgan fingerprint density at radius 1 is 1.00 bits per heavy atom. The van der Waals surface area contributed by atoms with Crippen molar-refractivity contribution in [1.29, 1.82) is 0 Å². The molecule has 6 nitrogen and oxygen atoms in total. The molecule has 0 aliphatic heterocycles. The maximum absolute atomic E-state index is 13.5. The topological polar surface area (TPSA) is 77.0 Å². The number of carbonyl (C=O) groups excluding carboxylic acids is 1. The van der Waals surface area contributed by atoms with Crippen molar-refractivity contribution in [1.82, 2.24) is 19.7 Å². The van der Waals surface area contributed by atoms with Crippen LogP contribution in [0.3, 0.4) is 0 Å². The number of rotatable bonds is 8. The molecule has 2 N–H and O–H groups in total. The number of likely N-dealkylation sites (N-methyl/N-ethyl adjacent to an activating group) is 1. The Labute approximate surface area is 274 Å². The van der Waals surface area contributed by atoms with Crippen molar-refractivity contribution in [2.45, 2.75) is 42.6 Å². The van der Waals surface area contributed by atoms with E-state index in [0.717, 1.165) is 33.3 Å². The maximum Gasteiger partial charge on any atom is 0.416 e. The molecule has 45 heavy (non-hydrogen) atoms. The van der Waals surface area contributed by atoms with Crippen LogP contribution in [0.5, 0.6) is 0 Å². The first-order valence-electron chi connectivity index (χ1n) is 13.2. The van der Waals surface area contributed by atoms with Crippen LogP contribution < -0.4 is 5.73 Å². The van der Waals surface area contributed by atoms with Gasteiger partial charge in [-0.05, 0) is 56.9 Å². The molecular weight excluding hydrogens is 683 g/mol. The number of carbonyl (C=O) groups is 1. The summed E-state index contributed by atoms with van der Waals surface area (Å²) in [6, 6.07) is 6.09. The van der Waals surface area contributed by atoms with Crippen LogP contribution in [-0.4, -0.2) is 58.4 Å². The summed E-state index contributed by atoms with van der Waals surface area (Å²) in [5.41, 5.74) is 2.53. The number of aryl methyl sites for hydroxylation is 1. The predicted molar refractivity (Wildman–Crippen MR) is 169 cm³/mol. The van der Waals surface area contributed by atoms with Gasteiger partial charge in [0.15, 0.2) is 6.29 Å². The van der Waals surface area contributed by atoms with Gasteiger partial charge in [-0.15, -0.1) is 11.8 Å². The average Bonchev–Trinajstić information content (AvgIpc) is 3.49. The number of hydrogen-bond donors (Lipinski definition) is 1. The molecule has 0 saturated carbocycles. The van der Waals surface area contributed by atoms with Crippen molar-refractivity contribution < 1.29 is 31.1 Å². The normalized spacial score (nSPS) is 12.1. The SMILES string of the molecule is CN(C)CCN.Cc1nn(-c2nc(-c3ccc(Cl)c(Cl)c3)c(SC(C)C)s2)c(C=O)c1-c1cc(C(F)(F)F)cc(C(F)(F)F)c1. The fraction of sp³-hybridized carbons (Fsp3) is 0.345. The lowest BCUT2D eigenvalue weighted by Gasteiger charge is -2.14. The van der Waals surface area contributed by atoms with E-state index in [0.29, 0.717) is 39.7 Å². The van der Waals surface area contributed by atoms with Gasteiger partial charge in [-0.25, -0.2) is 9.67 Å². The molecule has 2 aromatic carbocycles. The molecule has 0 aliphatic carbocycles. The van der Waals surface area contributed by atoms with E-state index in [1.165, 1.54) is 18.7 Å². The number of halogens is 8. The maximum atomic E-state index is 13.5. The van der Waals surface area contributed by atoms with E-state index in [-0.39, 0.29) is 33.4 Å². The van der Waals surface area contributed by atoms with Gasteiger partial charge < -0.3 is 10.6 Å². The molecule has 4 rings (SSSR count). The highest BCUT2D eigenvalue weighted by molar-refractivity contribution is 8.01. The van der Waals surface area contributed by atoms with Crippen LogP contribution >= 0.6 is 46.3 Å². The molecule has 0 atom stereocenters. The molecule has 16 heteroatoms. The number of nitrogens with zero attached hydrogens (tertiary/aromatic N) is 4. The molecule has 0 aliphatic rings. The summed E-state index contributed by atoms with van der Waals surface area (Å²) in [4.78, 5) is 18.9. The number of hydrogen-bond acceptors (Lipinski definition) is 7. The Kier molecular flexibility index (Phi) is 12.2. The van der Waals surface area contributed by atoms with Gasteiger partial charge >= 0.3 is 12.4 Å². The minimum Gasteiger partial charge on any atom is -0.329 e. The van der Waals surface area contributed by atoms with Gasteiger partial charge in [0.25, 0.3) is 0 Å². The summed E-state index contributed by atoms with van der Waals surface area (Å²) in [6.07, 6.45) is -9.76. The molecule has 0 spiro atoms. The first-order chi connectivity index (χ1) is 20.9. The average molecular weight is 713 g/mol. The third-order valence-electron chi connectivity index (χ3n) is 5.96. The molecule has 0 fully saturated rings. The Balaban J connectivity index is 0.000000838. The number of nitrogens with two attached hydrogens (primary N) is 1. The number of aromatic nitrogens is 3. The van der Waals surface area contributed by atoms with E-state index < -0.39 is 29.0 Å². The van der Waals surface area contributed by atoms with Gasteiger partial charge in [0, 0.05) is 29.5 Å². The smallest absolute Gasteiger partial charge is 0.329 e. The van der Waals surface area contributed by atoms with E-state index in [2.05, 4.69) is 15.0 Å². The molecule has 0 saturated heterocycles. The number of aldehydes is 1. The second kappa shape index (κ2) is 14.9. The fourth-order valence-electron chi connectivity index (χ4n) is 4.02. The van der Waals surface area contributed by atoms with Crippen LogP contribution in [-0.2, 0) is 12.4 Å². The molecule has 0 unspecified atom stereocenters. The zero-order valence-electron chi connectivity index (χ0n) is 24.6. The quantitative estimate of drug-likeness (QED) is 0.112. The second-order valence-electron chi connectivity index (χ2n) is 10.2. The highest BCUT2D eigenvalue weighted by Crippen LogP contribution is 2.43. The van der Waals surface area contributed by atoms with E-state index in [1.807, 2.05) is 27.9 Å². The molecule has 0 amide bonds. The summed E-state index contributed by atoms with van der Waals surface area (Å²) in [7, 11) is 4.01. The van der Waals surface area contributed by atoms with Gasteiger partial charge in [0.2, 0.25) is 5.13 Å². The molecular formula is C29H29Cl2F6N5OS2. The lowest BCUT2D eigenvalue weighted by molar-refractivity contribution is -0.143. The summed E-state index contributed by atoms with van der Waals surface area (Å²) < 4.78 is 82.8. The number of thiazole rings is 1. The van der Waals surface area contributed by atoms with Gasteiger partial charge in [-0.3, -0.25) is 4.79 Å². The Morgan fingerprint density at radius 2 is 1.60 bits per heavy atom. The van der Waals surface area contributed by atoms with Gasteiger partial charge in [-0.2, -0.15) is 31.4 Å². The summed E-state index contributed by atoms with van der Waals surface area (Å²) >= 11 is 14.9. The highest BCUT2D eigenvalue weighted by Gasteiger charge is 2.37. The standard InChI is InChI=1S/C25H17Cl2F6N3OS2.C4H12N2/c1-11(2)38-22-21(13-4-5-17(26)18(27)8-13)34-23(39-22)36-19(10-37)20(12(3)35-36)14-6-15(24(28,29)30)9-16(7-14)25(31,32)33;1-6(2)4-3-5/h4-11H,1-3H3;3-5H2,1-2H3. The summed E-state index contributed by atoms with van der Waals surface area (Å²) in [6.45, 7) is 7.06. The van der Waals surface area contributed by atoms with Crippen molar-refractivity contribution in [2.75, 3.05) is 27.2 Å². The first kappa shape index (κ1) is 36.8. The monoisotopic (exact) mass is 711 g/mol. The zero-order valence-corrected chi connectivity index (χ0v) is 27.8. The molecule has 2 heterocycles. The minimum absolute atomic E-state index is 0.0314. The molecule has 0 bridgehead atoms. The van der Waals surface area contributed by atoms with Crippen molar-refractivity contribution in [2.24, 2.45) is 5.73 Å². The Hall–Kier alpha value is -2.62. The fourth-order valence-corrected chi connectivity index (χ4v) is 6.80. The van der Waals surface area contributed by atoms with Crippen molar-refractivity contribution in [3.63, 3.8) is 0 Å². The molecule has 2 aromatic heterocycles. The lowest BCUT2D eigenvalue weighted by Crippen LogP contribution is -2.20. The first-order valence-corrected chi connectivity index (χ1v) is 15.6. The van der Waals surface area contributed by atoms with E-state index >= 15 is 0 Å².